The molecule has 1 aliphatic heterocycles. The first-order valence-electron chi connectivity index (χ1n) is 5.41. The number of allylic oxidation sites excluding steroid dienone is 1. The van der Waals surface area contributed by atoms with Crippen LogP contribution in [0.25, 0.3) is 0 Å². The van der Waals surface area contributed by atoms with Crippen LogP contribution < -0.4 is 0 Å². The van der Waals surface area contributed by atoms with Crippen LogP contribution in [-0.2, 0) is 9.47 Å². The first-order valence-corrected chi connectivity index (χ1v) is 5.41. The fourth-order valence-corrected chi connectivity index (χ4v) is 1.57. The Balaban J connectivity index is 2.22. The van der Waals surface area contributed by atoms with Crippen LogP contribution in [0.5, 0.6) is 0 Å². The minimum atomic E-state index is -1.17. The standard InChI is InChI=1S/C13H12O5/c1-2-7-13(8-17-13)18-12(16)10-6-4-3-5-9(10)11(14)15/h2-7H,8H2,1H3,(H,14,15). The molecule has 5 heteroatoms. The Kier molecular flexibility index (Phi) is 3.16. The highest BCUT2D eigenvalue weighted by Gasteiger charge is 2.47. The summed E-state index contributed by atoms with van der Waals surface area (Å²) >= 11 is 0. The van der Waals surface area contributed by atoms with E-state index >= 15 is 0 Å². The third-order valence-electron chi connectivity index (χ3n) is 2.49. The second kappa shape index (κ2) is 4.62. The number of epoxide rings is 1. The van der Waals surface area contributed by atoms with Gasteiger partial charge in [-0.05, 0) is 25.1 Å². The van der Waals surface area contributed by atoms with Crippen molar-refractivity contribution in [2.75, 3.05) is 6.61 Å². The van der Waals surface area contributed by atoms with E-state index in [1.54, 1.807) is 31.2 Å². The van der Waals surface area contributed by atoms with Crippen LogP contribution >= 0.6 is 0 Å². The molecule has 1 unspecified atom stereocenters. The Morgan fingerprint density at radius 1 is 1.39 bits per heavy atom. The fraction of sp³-hybridized carbons (Fsp3) is 0.231. The van der Waals surface area contributed by atoms with Crippen molar-refractivity contribution in [3.05, 3.63) is 47.5 Å². The molecule has 0 radical (unpaired) electrons. The van der Waals surface area contributed by atoms with E-state index in [0.29, 0.717) is 0 Å². The van der Waals surface area contributed by atoms with Crippen LogP contribution in [0.2, 0.25) is 0 Å². The molecule has 0 bridgehead atoms. The van der Waals surface area contributed by atoms with E-state index in [-0.39, 0.29) is 17.7 Å². The molecule has 0 spiro atoms. The van der Waals surface area contributed by atoms with E-state index in [1.807, 2.05) is 0 Å². The van der Waals surface area contributed by atoms with Gasteiger partial charge in [0, 0.05) is 0 Å². The van der Waals surface area contributed by atoms with Crippen LogP contribution in [0.3, 0.4) is 0 Å². The third kappa shape index (κ3) is 2.41. The van der Waals surface area contributed by atoms with Crippen LogP contribution in [0.4, 0.5) is 0 Å². The maximum absolute atomic E-state index is 11.9. The average molecular weight is 248 g/mol. The number of hydrogen-bond acceptors (Lipinski definition) is 4. The topological polar surface area (TPSA) is 76.1 Å². The van der Waals surface area contributed by atoms with Gasteiger partial charge < -0.3 is 14.6 Å². The molecule has 1 fully saturated rings. The predicted molar refractivity (Wildman–Crippen MR) is 62.3 cm³/mol. The van der Waals surface area contributed by atoms with Crippen molar-refractivity contribution >= 4 is 11.9 Å². The van der Waals surface area contributed by atoms with Gasteiger partial charge in [0.25, 0.3) is 5.79 Å². The van der Waals surface area contributed by atoms with E-state index in [2.05, 4.69) is 0 Å². The number of carboxylic acids is 1. The molecule has 1 aromatic rings. The Hall–Kier alpha value is -2.14. The summed E-state index contributed by atoms with van der Waals surface area (Å²) in [5, 5.41) is 8.98. The van der Waals surface area contributed by atoms with Crippen LogP contribution in [0.1, 0.15) is 27.6 Å². The molecule has 5 nitrogen and oxygen atoms in total. The number of carboxylic acid groups (broad SMARTS) is 1. The molecule has 1 aromatic carbocycles. The van der Waals surface area contributed by atoms with E-state index in [4.69, 9.17) is 14.6 Å². The van der Waals surface area contributed by atoms with Crippen molar-refractivity contribution in [2.24, 2.45) is 0 Å². The molecular formula is C13H12O5. The lowest BCUT2D eigenvalue weighted by atomic mass is 10.1. The van der Waals surface area contributed by atoms with Crippen LogP contribution in [0, 0.1) is 0 Å². The zero-order chi connectivity index (χ0) is 13.2. The summed E-state index contributed by atoms with van der Waals surface area (Å²) in [5.74, 6) is -2.89. The highest BCUT2D eigenvalue weighted by atomic mass is 16.8. The molecule has 94 valence electrons. The highest BCUT2D eigenvalue weighted by molar-refractivity contribution is 6.02. The monoisotopic (exact) mass is 248 g/mol. The molecule has 0 amide bonds. The molecule has 1 heterocycles. The largest absolute Gasteiger partial charge is 0.478 e. The quantitative estimate of drug-likeness (QED) is 0.500. The van der Waals surface area contributed by atoms with E-state index < -0.39 is 17.7 Å². The minimum absolute atomic E-state index is 0.0179. The van der Waals surface area contributed by atoms with Crippen molar-refractivity contribution < 1.29 is 24.2 Å². The van der Waals surface area contributed by atoms with E-state index in [0.717, 1.165) is 0 Å². The van der Waals surface area contributed by atoms with Gasteiger partial charge in [-0.3, -0.25) is 0 Å². The van der Waals surface area contributed by atoms with Gasteiger partial charge in [0.1, 0.15) is 6.61 Å². The Morgan fingerprint density at radius 2 is 2.00 bits per heavy atom. The van der Waals surface area contributed by atoms with Gasteiger partial charge >= 0.3 is 11.9 Å². The average Bonchev–Trinajstić information content (AvgIpc) is 3.09. The summed E-state index contributed by atoms with van der Waals surface area (Å²) in [6.45, 7) is 2.07. The summed E-state index contributed by atoms with van der Waals surface area (Å²) < 4.78 is 10.2. The predicted octanol–water partition coefficient (Wildman–Crippen LogP) is 1.84. The van der Waals surface area contributed by atoms with Crippen molar-refractivity contribution in [1.82, 2.24) is 0 Å². The SMILES string of the molecule is CC=CC1(OC(=O)c2ccccc2C(=O)O)CO1. The number of aromatic carboxylic acids is 1. The normalized spacial score (nSPS) is 21.8. The van der Waals surface area contributed by atoms with Gasteiger partial charge in [0.05, 0.1) is 11.1 Å². The lowest BCUT2D eigenvalue weighted by molar-refractivity contribution is 0.00349. The number of carbonyl (C=O) groups excluding carboxylic acids is 1. The van der Waals surface area contributed by atoms with Gasteiger partial charge in [-0.2, -0.15) is 0 Å². The molecule has 1 atom stereocenters. The van der Waals surface area contributed by atoms with Crippen LogP contribution in [-0.4, -0.2) is 29.4 Å². The number of hydrogen-bond donors (Lipinski definition) is 1. The number of esters is 1. The highest BCUT2D eigenvalue weighted by Crippen LogP contribution is 2.31. The first-order chi connectivity index (χ1) is 8.58. The van der Waals surface area contributed by atoms with Crippen molar-refractivity contribution in [2.45, 2.75) is 12.7 Å². The Morgan fingerprint density at radius 3 is 2.50 bits per heavy atom. The number of carbonyl (C=O) groups is 2. The van der Waals surface area contributed by atoms with Crippen molar-refractivity contribution in [1.29, 1.82) is 0 Å². The van der Waals surface area contributed by atoms with Gasteiger partial charge in [-0.1, -0.05) is 18.2 Å². The third-order valence-corrected chi connectivity index (χ3v) is 2.49. The summed E-state index contributed by atoms with van der Waals surface area (Å²) in [6.07, 6.45) is 3.33. The molecule has 0 saturated carbocycles. The smallest absolute Gasteiger partial charge is 0.341 e. The Labute approximate surface area is 104 Å². The second-order valence-corrected chi connectivity index (χ2v) is 3.84. The molecule has 1 aliphatic rings. The molecule has 0 aliphatic carbocycles. The van der Waals surface area contributed by atoms with Crippen molar-refractivity contribution in [3.63, 3.8) is 0 Å². The molecule has 18 heavy (non-hydrogen) atoms. The second-order valence-electron chi connectivity index (χ2n) is 3.84. The van der Waals surface area contributed by atoms with Crippen LogP contribution in [0.15, 0.2) is 36.4 Å². The molecule has 1 N–H and O–H groups in total. The molecular weight excluding hydrogens is 236 g/mol. The first kappa shape index (κ1) is 12.3. The number of ether oxygens (including phenoxy) is 2. The van der Waals surface area contributed by atoms with Gasteiger partial charge in [0.2, 0.25) is 0 Å². The maximum atomic E-state index is 11.9. The summed E-state index contributed by atoms with van der Waals surface area (Å²) in [6, 6.07) is 5.90. The van der Waals surface area contributed by atoms with Gasteiger partial charge in [-0.25, -0.2) is 9.59 Å². The lowest BCUT2D eigenvalue weighted by Crippen LogP contribution is -2.20. The molecule has 2 rings (SSSR count). The fourth-order valence-electron chi connectivity index (χ4n) is 1.57. The molecule has 0 aromatic heterocycles. The van der Waals surface area contributed by atoms with E-state index in [9.17, 15) is 9.59 Å². The number of benzene rings is 1. The zero-order valence-corrected chi connectivity index (χ0v) is 9.75. The summed E-state index contributed by atoms with van der Waals surface area (Å²) in [5.41, 5.74) is -0.0665. The minimum Gasteiger partial charge on any atom is -0.478 e. The number of rotatable bonds is 4. The summed E-state index contributed by atoms with van der Waals surface area (Å²) in [7, 11) is 0. The maximum Gasteiger partial charge on any atom is 0.341 e. The summed E-state index contributed by atoms with van der Waals surface area (Å²) in [4.78, 5) is 22.9. The van der Waals surface area contributed by atoms with Gasteiger partial charge in [-0.15, -0.1) is 0 Å². The zero-order valence-electron chi connectivity index (χ0n) is 9.75. The lowest BCUT2D eigenvalue weighted by Gasteiger charge is -2.10. The van der Waals surface area contributed by atoms with Gasteiger partial charge in [0.15, 0.2) is 0 Å². The molecule has 1 saturated heterocycles. The van der Waals surface area contributed by atoms with E-state index in [1.165, 1.54) is 12.1 Å². The Bertz CT molecular complexity index is 514. The van der Waals surface area contributed by atoms with Crippen molar-refractivity contribution in [3.8, 4) is 0 Å².